The maximum Gasteiger partial charge on any atom is 0.0402 e. The molecule has 0 spiro atoms. The molecule has 1 aliphatic carbocycles. The van der Waals surface area contributed by atoms with Gasteiger partial charge in [0.05, 0.1) is 0 Å². The topological polar surface area (TPSA) is 15.3 Å². The van der Waals surface area contributed by atoms with E-state index in [0.29, 0.717) is 12.1 Å². The number of anilines is 1. The molecule has 1 saturated heterocycles. The Hall–Kier alpha value is -1.02. The van der Waals surface area contributed by atoms with Gasteiger partial charge in [0.25, 0.3) is 0 Å². The molecule has 1 aliphatic heterocycles. The van der Waals surface area contributed by atoms with Crippen molar-refractivity contribution in [3.63, 3.8) is 0 Å². The van der Waals surface area contributed by atoms with Gasteiger partial charge in [-0.3, -0.25) is 0 Å². The van der Waals surface area contributed by atoms with Gasteiger partial charge in [-0.25, -0.2) is 0 Å². The molecule has 2 fully saturated rings. The minimum absolute atomic E-state index is 0.604. The monoisotopic (exact) mass is 244 g/mol. The van der Waals surface area contributed by atoms with E-state index in [1.165, 1.54) is 30.6 Å². The van der Waals surface area contributed by atoms with E-state index in [2.05, 4.69) is 48.3 Å². The Kier molecular flexibility index (Phi) is 3.29. The Morgan fingerprint density at radius 2 is 2.06 bits per heavy atom. The fourth-order valence-corrected chi connectivity index (χ4v) is 3.13. The number of nitrogens with one attached hydrogen (secondary N) is 1. The molecule has 3 rings (SSSR count). The number of nitrogens with zero attached hydrogens (tertiary/aromatic N) is 1. The van der Waals surface area contributed by atoms with Crippen LogP contribution in [0.15, 0.2) is 24.3 Å². The maximum absolute atomic E-state index is 3.73. The second kappa shape index (κ2) is 4.93. The van der Waals surface area contributed by atoms with E-state index in [1.807, 2.05) is 0 Å². The molecule has 1 aromatic carbocycles. The van der Waals surface area contributed by atoms with Gasteiger partial charge in [-0.1, -0.05) is 25.1 Å². The molecule has 2 heteroatoms. The summed E-state index contributed by atoms with van der Waals surface area (Å²) in [7, 11) is 0. The lowest BCUT2D eigenvalue weighted by atomic mass is 10.0. The normalized spacial score (nSPS) is 28.4. The highest BCUT2D eigenvalue weighted by atomic mass is 15.2. The molecule has 0 aromatic heterocycles. The standard InChI is InChI=1S/C16H24N2/c1-3-13-6-4-5-7-16(13)18-11-15(14-8-9-14)17-10-12(18)2/h4-7,12,14-15,17H,3,8-11H2,1-2H3. The highest BCUT2D eigenvalue weighted by Gasteiger charge is 2.36. The van der Waals surface area contributed by atoms with Crippen LogP contribution in [0, 0.1) is 5.92 Å². The zero-order valence-electron chi connectivity index (χ0n) is 11.5. The molecule has 18 heavy (non-hydrogen) atoms. The quantitative estimate of drug-likeness (QED) is 0.879. The van der Waals surface area contributed by atoms with E-state index in [0.717, 1.165) is 18.9 Å². The van der Waals surface area contributed by atoms with Crippen molar-refractivity contribution >= 4 is 5.69 Å². The fourth-order valence-electron chi connectivity index (χ4n) is 3.13. The van der Waals surface area contributed by atoms with Crippen molar-refractivity contribution in [2.45, 2.75) is 45.2 Å². The zero-order valence-corrected chi connectivity index (χ0v) is 11.5. The van der Waals surface area contributed by atoms with E-state index >= 15 is 0 Å². The average Bonchev–Trinajstić information content (AvgIpc) is 3.24. The predicted octanol–water partition coefficient (Wildman–Crippen LogP) is 2.83. The van der Waals surface area contributed by atoms with Crippen LogP contribution in [0.5, 0.6) is 0 Å². The van der Waals surface area contributed by atoms with Crippen molar-refractivity contribution in [1.29, 1.82) is 0 Å². The lowest BCUT2D eigenvalue weighted by molar-refractivity contribution is 0.375. The Morgan fingerprint density at radius 1 is 1.28 bits per heavy atom. The van der Waals surface area contributed by atoms with E-state index < -0.39 is 0 Å². The van der Waals surface area contributed by atoms with Crippen LogP contribution in [0.4, 0.5) is 5.69 Å². The second-order valence-electron chi connectivity index (χ2n) is 5.84. The number of aryl methyl sites for hydroxylation is 1. The second-order valence-corrected chi connectivity index (χ2v) is 5.84. The third kappa shape index (κ3) is 2.26. The van der Waals surface area contributed by atoms with Crippen LogP contribution in [0.2, 0.25) is 0 Å². The Morgan fingerprint density at radius 3 is 2.78 bits per heavy atom. The molecule has 2 unspecified atom stereocenters. The SMILES string of the molecule is CCc1ccccc1N1CC(C2CC2)NCC1C. The largest absolute Gasteiger partial charge is 0.366 e. The molecule has 98 valence electrons. The molecule has 2 nitrogen and oxygen atoms in total. The number of hydrogen-bond donors (Lipinski definition) is 1. The first kappa shape index (κ1) is 12.0. The first-order valence-electron chi connectivity index (χ1n) is 7.37. The lowest BCUT2D eigenvalue weighted by Gasteiger charge is -2.41. The molecular weight excluding hydrogens is 220 g/mol. The lowest BCUT2D eigenvalue weighted by Crippen LogP contribution is -2.56. The number of para-hydroxylation sites is 1. The van der Waals surface area contributed by atoms with Gasteiger partial charge in [0.15, 0.2) is 0 Å². The van der Waals surface area contributed by atoms with Crippen LogP contribution >= 0.6 is 0 Å². The van der Waals surface area contributed by atoms with Crippen LogP contribution in [0.3, 0.4) is 0 Å². The van der Waals surface area contributed by atoms with Gasteiger partial charge in [0.1, 0.15) is 0 Å². The van der Waals surface area contributed by atoms with Crippen molar-refractivity contribution in [3.8, 4) is 0 Å². The van der Waals surface area contributed by atoms with Crippen molar-refractivity contribution in [2.24, 2.45) is 5.92 Å². The Labute approximate surface area is 110 Å². The number of piperazine rings is 1. The zero-order chi connectivity index (χ0) is 12.5. The minimum Gasteiger partial charge on any atom is -0.366 e. The molecule has 0 amide bonds. The summed E-state index contributed by atoms with van der Waals surface area (Å²) < 4.78 is 0. The fraction of sp³-hybridized carbons (Fsp3) is 0.625. The van der Waals surface area contributed by atoms with Crippen LogP contribution < -0.4 is 10.2 Å². The van der Waals surface area contributed by atoms with Gasteiger partial charge in [0, 0.05) is 30.9 Å². The third-order valence-corrected chi connectivity index (χ3v) is 4.47. The number of rotatable bonds is 3. The molecular formula is C16H24N2. The van der Waals surface area contributed by atoms with Crippen LogP contribution in [0.25, 0.3) is 0 Å². The molecule has 1 aromatic rings. The van der Waals surface area contributed by atoms with Gasteiger partial charge in [-0.2, -0.15) is 0 Å². The van der Waals surface area contributed by atoms with E-state index in [-0.39, 0.29) is 0 Å². The predicted molar refractivity (Wildman–Crippen MR) is 77.1 cm³/mol. The van der Waals surface area contributed by atoms with E-state index in [4.69, 9.17) is 0 Å². The average molecular weight is 244 g/mol. The number of hydrogen-bond acceptors (Lipinski definition) is 2. The summed E-state index contributed by atoms with van der Waals surface area (Å²) in [5, 5.41) is 3.73. The summed E-state index contributed by atoms with van der Waals surface area (Å²) in [6.07, 6.45) is 3.98. The molecule has 2 atom stereocenters. The highest BCUT2D eigenvalue weighted by molar-refractivity contribution is 5.55. The summed E-state index contributed by atoms with van der Waals surface area (Å²) in [4.78, 5) is 2.62. The van der Waals surface area contributed by atoms with Gasteiger partial charge < -0.3 is 10.2 Å². The highest BCUT2D eigenvalue weighted by Crippen LogP contribution is 2.35. The molecule has 2 aliphatic rings. The van der Waals surface area contributed by atoms with Crippen molar-refractivity contribution in [1.82, 2.24) is 5.32 Å². The van der Waals surface area contributed by atoms with Gasteiger partial charge in [0.2, 0.25) is 0 Å². The van der Waals surface area contributed by atoms with Crippen LogP contribution in [-0.4, -0.2) is 25.2 Å². The third-order valence-electron chi connectivity index (χ3n) is 4.47. The molecule has 1 saturated carbocycles. The summed E-state index contributed by atoms with van der Waals surface area (Å²) in [6, 6.07) is 10.2. The van der Waals surface area contributed by atoms with E-state index in [1.54, 1.807) is 0 Å². The summed E-state index contributed by atoms with van der Waals surface area (Å²) >= 11 is 0. The van der Waals surface area contributed by atoms with Crippen molar-refractivity contribution < 1.29 is 0 Å². The van der Waals surface area contributed by atoms with Gasteiger partial charge in [-0.05, 0) is 43.7 Å². The van der Waals surface area contributed by atoms with Crippen LogP contribution in [0.1, 0.15) is 32.3 Å². The van der Waals surface area contributed by atoms with Crippen molar-refractivity contribution in [2.75, 3.05) is 18.0 Å². The molecule has 0 radical (unpaired) electrons. The molecule has 0 bridgehead atoms. The smallest absolute Gasteiger partial charge is 0.0402 e. The summed E-state index contributed by atoms with van der Waals surface area (Å²) in [6.45, 7) is 6.90. The van der Waals surface area contributed by atoms with Gasteiger partial charge >= 0.3 is 0 Å². The van der Waals surface area contributed by atoms with Crippen molar-refractivity contribution in [3.05, 3.63) is 29.8 Å². The van der Waals surface area contributed by atoms with E-state index in [9.17, 15) is 0 Å². The molecule has 1 N–H and O–H groups in total. The Bertz CT molecular complexity index is 411. The molecule has 1 heterocycles. The summed E-state index contributed by atoms with van der Waals surface area (Å²) in [5.41, 5.74) is 2.94. The maximum atomic E-state index is 3.73. The Balaban J connectivity index is 1.83. The number of benzene rings is 1. The summed E-state index contributed by atoms with van der Waals surface area (Å²) in [5.74, 6) is 0.939. The van der Waals surface area contributed by atoms with Gasteiger partial charge in [-0.15, -0.1) is 0 Å². The van der Waals surface area contributed by atoms with Crippen LogP contribution in [-0.2, 0) is 6.42 Å². The first-order chi connectivity index (χ1) is 8.79. The minimum atomic E-state index is 0.604. The first-order valence-corrected chi connectivity index (χ1v) is 7.37.